The summed E-state index contributed by atoms with van der Waals surface area (Å²) in [6.45, 7) is 2.78. The van der Waals surface area contributed by atoms with Crippen LogP contribution in [0.5, 0.6) is 5.75 Å². The lowest BCUT2D eigenvalue weighted by Gasteiger charge is -2.40. The third-order valence-corrected chi connectivity index (χ3v) is 5.70. The van der Waals surface area contributed by atoms with Crippen molar-refractivity contribution < 1.29 is 14.6 Å². The van der Waals surface area contributed by atoms with E-state index in [9.17, 15) is 9.90 Å². The molecular formula is C24H32ClNO3. The van der Waals surface area contributed by atoms with E-state index >= 15 is 0 Å². The number of likely N-dealkylation sites (N-methyl/N-ethyl adjacent to an activating group) is 1. The van der Waals surface area contributed by atoms with Gasteiger partial charge in [0.05, 0.1) is 11.2 Å². The van der Waals surface area contributed by atoms with E-state index in [1.807, 2.05) is 57.4 Å². The third-order valence-electron chi connectivity index (χ3n) is 5.70. The van der Waals surface area contributed by atoms with Crippen molar-refractivity contribution in [3.63, 3.8) is 0 Å². The molecule has 1 aliphatic carbocycles. The number of carbonyl (C=O) groups is 1. The highest BCUT2D eigenvalue weighted by molar-refractivity contribution is 5.91. The zero-order chi connectivity index (χ0) is 20.1. The molecule has 0 spiro atoms. The maximum absolute atomic E-state index is 12.3. The highest BCUT2D eigenvalue weighted by Crippen LogP contribution is 2.40. The van der Waals surface area contributed by atoms with Gasteiger partial charge in [0.15, 0.2) is 0 Å². The molecule has 1 N–H and O–H groups in total. The number of nitrogens with zero attached hydrogens (tertiary/aromatic N) is 1. The van der Waals surface area contributed by atoms with E-state index in [4.69, 9.17) is 4.74 Å². The second-order valence-electron chi connectivity index (χ2n) is 8.30. The van der Waals surface area contributed by atoms with E-state index in [1.165, 1.54) is 6.42 Å². The average molecular weight is 418 g/mol. The molecule has 0 heterocycles. The zero-order valence-electron chi connectivity index (χ0n) is 17.6. The second-order valence-corrected chi connectivity index (χ2v) is 8.30. The summed E-state index contributed by atoms with van der Waals surface area (Å²) in [7, 11) is 4.08. The molecular weight excluding hydrogens is 386 g/mol. The van der Waals surface area contributed by atoms with E-state index in [1.54, 1.807) is 12.1 Å². The van der Waals surface area contributed by atoms with Crippen molar-refractivity contribution >= 4 is 18.4 Å². The van der Waals surface area contributed by atoms with Gasteiger partial charge < -0.3 is 14.7 Å². The van der Waals surface area contributed by atoms with E-state index in [0.29, 0.717) is 11.3 Å². The standard InChI is InChI=1S/C24H31NO3.ClH/c1-18-7-9-20(10-8-18)23(26)28-21-13-11-19(12-14-21)22(17-25(2)3)24(27)15-5-4-6-16-24;/h7-14,22,27H,4-6,15-17H2,1-3H3;1H. The quantitative estimate of drug-likeness (QED) is 0.532. The first-order chi connectivity index (χ1) is 13.4. The van der Waals surface area contributed by atoms with Crippen LogP contribution in [0.1, 0.15) is 59.5 Å². The minimum atomic E-state index is -0.664. The number of aryl methyl sites for hydroxylation is 1. The lowest BCUT2D eigenvalue weighted by Crippen LogP contribution is -2.42. The summed E-state index contributed by atoms with van der Waals surface area (Å²) in [5, 5.41) is 11.3. The van der Waals surface area contributed by atoms with Gasteiger partial charge in [-0.15, -0.1) is 12.4 Å². The molecule has 0 saturated heterocycles. The van der Waals surface area contributed by atoms with Crippen molar-refractivity contribution in [1.82, 2.24) is 4.90 Å². The van der Waals surface area contributed by atoms with Crippen molar-refractivity contribution in [2.24, 2.45) is 0 Å². The van der Waals surface area contributed by atoms with Crippen LogP contribution in [0, 0.1) is 6.92 Å². The van der Waals surface area contributed by atoms with Gasteiger partial charge in [0, 0.05) is 12.5 Å². The van der Waals surface area contributed by atoms with Crippen molar-refractivity contribution in [2.45, 2.75) is 50.5 Å². The Morgan fingerprint density at radius 1 is 1.03 bits per heavy atom. The predicted molar refractivity (Wildman–Crippen MR) is 119 cm³/mol. The zero-order valence-corrected chi connectivity index (χ0v) is 18.4. The summed E-state index contributed by atoms with van der Waals surface area (Å²) in [5.41, 5.74) is 2.07. The van der Waals surface area contributed by atoms with Crippen LogP contribution in [0.4, 0.5) is 0 Å². The molecule has 5 heteroatoms. The number of rotatable bonds is 6. The molecule has 1 saturated carbocycles. The molecule has 0 bridgehead atoms. The summed E-state index contributed by atoms with van der Waals surface area (Å²) in [5.74, 6) is 0.210. The monoisotopic (exact) mass is 417 g/mol. The Kier molecular flexibility index (Phi) is 8.26. The largest absolute Gasteiger partial charge is 0.423 e. The van der Waals surface area contributed by atoms with Crippen molar-refractivity contribution in [2.75, 3.05) is 20.6 Å². The van der Waals surface area contributed by atoms with Crippen LogP contribution >= 0.6 is 12.4 Å². The molecule has 0 amide bonds. The number of esters is 1. The Morgan fingerprint density at radius 3 is 2.17 bits per heavy atom. The van der Waals surface area contributed by atoms with E-state index < -0.39 is 5.60 Å². The number of benzene rings is 2. The van der Waals surface area contributed by atoms with Gasteiger partial charge in [0.1, 0.15) is 5.75 Å². The maximum Gasteiger partial charge on any atom is 0.343 e. The number of halogens is 1. The molecule has 2 aromatic rings. The second kappa shape index (κ2) is 10.2. The molecule has 29 heavy (non-hydrogen) atoms. The first-order valence-corrected chi connectivity index (χ1v) is 10.1. The van der Waals surface area contributed by atoms with Gasteiger partial charge >= 0.3 is 5.97 Å². The fourth-order valence-corrected chi connectivity index (χ4v) is 4.09. The summed E-state index contributed by atoms with van der Waals surface area (Å²) in [4.78, 5) is 14.4. The highest BCUT2D eigenvalue weighted by Gasteiger charge is 2.38. The van der Waals surface area contributed by atoms with Gasteiger partial charge in [-0.2, -0.15) is 0 Å². The van der Waals surface area contributed by atoms with Crippen LogP contribution in [0.15, 0.2) is 48.5 Å². The Hall–Kier alpha value is -1.88. The maximum atomic E-state index is 12.3. The van der Waals surface area contributed by atoms with Gasteiger partial charge in [-0.1, -0.05) is 49.1 Å². The van der Waals surface area contributed by atoms with Gasteiger partial charge in [-0.25, -0.2) is 4.79 Å². The summed E-state index contributed by atoms with van der Waals surface area (Å²) < 4.78 is 5.51. The fourth-order valence-electron chi connectivity index (χ4n) is 4.09. The van der Waals surface area contributed by atoms with Gasteiger partial charge in [-0.05, 0) is 63.7 Å². The minimum absolute atomic E-state index is 0. The minimum Gasteiger partial charge on any atom is -0.423 e. The molecule has 4 nitrogen and oxygen atoms in total. The van der Waals surface area contributed by atoms with Gasteiger partial charge in [0.2, 0.25) is 0 Å². The summed E-state index contributed by atoms with van der Waals surface area (Å²) in [6.07, 6.45) is 5.04. The molecule has 1 fully saturated rings. The number of hydrogen-bond donors (Lipinski definition) is 1. The topological polar surface area (TPSA) is 49.8 Å². The molecule has 0 aliphatic heterocycles. The van der Waals surface area contributed by atoms with Crippen LogP contribution < -0.4 is 4.74 Å². The molecule has 3 rings (SSSR count). The highest BCUT2D eigenvalue weighted by atomic mass is 35.5. The first-order valence-electron chi connectivity index (χ1n) is 10.1. The Labute approximate surface area is 180 Å². The van der Waals surface area contributed by atoms with Gasteiger partial charge in [-0.3, -0.25) is 0 Å². The van der Waals surface area contributed by atoms with Crippen molar-refractivity contribution in [3.8, 4) is 5.75 Å². The molecule has 1 unspecified atom stereocenters. The van der Waals surface area contributed by atoms with Crippen LogP contribution in [0.25, 0.3) is 0 Å². The Morgan fingerprint density at radius 2 is 1.62 bits per heavy atom. The molecule has 158 valence electrons. The van der Waals surface area contributed by atoms with E-state index in [-0.39, 0.29) is 24.3 Å². The third kappa shape index (κ3) is 6.05. The van der Waals surface area contributed by atoms with Crippen LogP contribution in [0.2, 0.25) is 0 Å². The molecule has 2 aromatic carbocycles. The lowest BCUT2D eigenvalue weighted by atomic mass is 9.72. The van der Waals surface area contributed by atoms with Gasteiger partial charge in [0.25, 0.3) is 0 Å². The molecule has 0 aromatic heterocycles. The van der Waals surface area contributed by atoms with Crippen LogP contribution in [-0.2, 0) is 0 Å². The van der Waals surface area contributed by atoms with Crippen molar-refractivity contribution in [3.05, 3.63) is 65.2 Å². The van der Waals surface area contributed by atoms with Crippen LogP contribution in [-0.4, -0.2) is 42.2 Å². The smallest absolute Gasteiger partial charge is 0.343 e. The van der Waals surface area contributed by atoms with Crippen molar-refractivity contribution in [1.29, 1.82) is 0 Å². The fraction of sp³-hybridized carbons (Fsp3) is 0.458. The SMILES string of the molecule is Cc1ccc(C(=O)Oc2ccc(C(CN(C)C)C3(O)CCCCC3)cc2)cc1.Cl. The van der Waals surface area contributed by atoms with E-state index in [2.05, 4.69) is 4.90 Å². The number of carbonyl (C=O) groups excluding carboxylic acids is 1. The van der Waals surface area contributed by atoms with Crippen LogP contribution in [0.3, 0.4) is 0 Å². The number of ether oxygens (including phenoxy) is 1. The predicted octanol–water partition coefficient (Wildman–Crippen LogP) is 4.98. The molecule has 0 radical (unpaired) electrons. The summed E-state index contributed by atoms with van der Waals surface area (Å²) in [6, 6.07) is 15.0. The normalized spacial score (nSPS) is 16.7. The number of aliphatic hydroxyl groups is 1. The first kappa shape index (κ1) is 23.4. The van der Waals surface area contributed by atoms with E-state index in [0.717, 1.165) is 43.4 Å². The summed E-state index contributed by atoms with van der Waals surface area (Å²) >= 11 is 0. The molecule has 1 aliphatic rings. The molecule has 1 atom stereocenters. The lowest BCUT2D eigenvalue weighted by molar-refractivity contribution is -0.0277. The average Bonchev–Trinajstić information content (AvgIpc) is 2.68. The Bertz CT molecular complexity index is 781. The Balaban J connectivity index is 0.00000300. The number of hydrogen-bond acceptors (Lipinski definition) is 4.